The maximum atomic E-state index is 11.3. The van der Waals surface area contributed by atoms with Crippen LogP contribution in [0.4, 0.5) is 0 Å². The van der Waals surface area contributed by atoms with Gasteiger partial charge in [-0.15, -0.1) is 0 Å². The number of carbonyl (C=O) groups excluding carboxylic acids is 1. The van der Waals surface area contributed by atoms with Gasteiger partial charge in [-0.2, -0.15) is 0 Å². The van der Waals surface area contributed by atoms with E-state index in [0.29, 0.717) is 18.9 Å². The molecule has 0 aliphatic heterocycles. The van der Waals surface area contributed by atoms with E-state index in [4.69, 9.17) is 9.47 Å². The summed E-state index contributed by atoms with van der Waals surface area (Å²) in [6.45, 7) is 5.70. The van der Waals surface area contributed by atoms with Gasteiger partial charge in [-0.1, -0.05) is 44.5 Å². The van der Waals surface area contributed by atoms with Crippen molar-refractivity contribution in [2.24, 2.45) is 5.92 Å². The van der Waals surface area contributed by atoms with Gasteiger partial charge in [-0.05, 0) is 23.5 Å². The van der Waals surface area contributed by atoms with Gasteiger partial charge in [0.05, 0.1) is 20.1 Å². The topological polar surface area (TPSA) is 35.5 Å². The average molecular weight is 264 g/mol. The molecule has 0 aliphatic rings. The van der Waals surface area contributed by atoms with Crippen LogP contribution in [0.25, 0.3) is 0 Å². The van der Waals surface area contributed by atoms with Crippen molar-refractivity contribution in [3.8, 4) is 0 Å². The first kappa shape index (κ1) is 15.7. The fraction of sp³-hybridized carbons (Fsp3) is 0.562. The number of hydrogen-bond donors (Lipinski definition) is 0. The summed E-state index contributed by atoms with van der Waals surface area (Å²) in [4.78, 5) is 11.3. The van der Waals surface area contributed by atoms with E-state index < -0.39 is 0 Å². The zero-order valence-corrected chi connectivity index (χ0v) is 12.1. The van der Waals surface area contributed by atoms with Gasteiger partial charge < -0.3 is 9.47 Å². The molecule has 0 aromatic heterocycles. The van der Waals surface area contributed by atoms with E-state index in [2.05, 4.69) is 13.8 Å². The van der Waals surface area contributed by atoms with Crippen LogP contribution in [-0.4, -0.2) is 19.7 Å². The monoisotopic (exact) mass is 264 g/mol. The van der Waals surface area contributed by atoms with Crippen molar-refractivity contribution >= 4 is 5.97 Å². The van der Waals surface area contributed by atoms with Crippen molar-refractivity contribution in [2.75, 3.05) is 13.7 Å². The van der Waals surface area contributed by atoms with Crippen LogP contribution in [0.5, 0.6) is 0 Å². The first-order valence-corrected chi connectivity index (χ1v) is 6.88. The number of benzene rings is 1. The van der Waals surface area contributed by atoms with E-state index in [0.717, 1.165) is 17.7 Å². The molecule has 1 rings (SSSR count). The van der Waals surface area contributed by atoms with Crippen LogP contribution in [-0.2, 0) is 27.3 Å². The van der Waals surface area contributed by atoms with Crippen LogP contribution in [0.3, 0.4) is 0 Å². The molecule has 0 spiro atoms. The van der Waals surface area contributed by atoms with Crippen molar-refractivity contribution in [3.05, 3.63) is 35.4 Å². The third kappa shape index (κ3) is 5.88. The highest BCUT2D eigenvalue weighted by Gasteiger charge is 2.08. The molecule has 0 heterocycles. The largest absolute Gasteiger partial charge is 0.469 e. The van der Waals surface area contributed by atoms with E-state index in [1.165, 1.54) is 20.0 Å². The molecule has 0 radical (unpaired) electrons. The molecule has 1 unspecified atom stereocenters. The Kier molecular flexibility index (Phi) is 7.19. The molecule has 0 amide bonds. The Bertz CT molecular complexity index is 387. The van der Waals surface area contributed by atoms with Gasteiger partial charge in [-0.25, -0.2) is 0 Å². The van der Waals surface area contributed by atoms with E-state index in [-0.39, 0.29) is 5.97 Å². The summed E-state index contributed by atoms with van der Waals surface area (Å²) in [6, 6.07) is 7.85. The molecule has 106 valence electrons. The molecule has 1 atom stereocenters. The van der Waals surface area contributed by atoms with E-state index in [1.54, 1.807) is 0 Å². The van der Waals surface area contributed by atoms with Crippen LogP contribution in [0.1, 0.15) is 37.8 Å². The second-order valence-corrected chi connectivity index (χ2v) is 4.93. The highest BCUT2D eigenvalue weighted by molar-refractivity contribution is 5.72. The third-order valence-corrected chi connectivity index (χ3v) is 3.12. The zero-order chi connectivity index (χ0) is 14.1. The smallest absolute Gasteiger partial charge is 0.309 e. The van der Waals surface area contributed by atoms with Crippen LogP contribution in [0.2, 0.25) is 0 Å². The van der Waals surface area contributed by atoms with Crippen molar-refractivity contribution in [1.29, 1.82) is 0 Å². The first-order valence-electron chi connectivity index (χ1n) is 6.88. The Morgan fingerprint density at radius 1 is 1.26 bits per heavy atom. The van der Waals surface area contributed by atoms with Gasteiger partial charge in [0.1, 0.15) is 0 Å². The van der Waals surface area contributed by atoms with Gasteiger partial charge >= 0.3 is 5.97 Å². The zero-order valence-electron chi connectivity index (χ0n) is 12.1. The van der Waals surface area contributed by atoms with Crippen molar-refractivity contribution < 1.29 is 14.3 Å². The first-order chi connectivity index (χ1) is 9.17. The van der Waals surface area contributed by atoms with Gasteiger partial charge in [0.15, 0.2) is 0 Å². The number of ether oxygens (including phenoxy) is 2. The molecule has 0 fully saturated rings. The van der Waals surface area contributed by atoms with Crippen LogP contribution in [0, 0.1) is 5.92 Å². The Balaban J connectivity index is 2.50. The Hall–Kier alpha value is -1.35. The summed E-state index contributed by atoms with van der Waals surface area (Å²) in [5, 5.41) is 0. The van der Waals surface area contributed by atoms with Gasteiger partial charge in [0.25, 0.3) is 0 Å². The molecule has 3 heteroatoms. The molecule has 19 heavy (non-hydrogen) atoms. The average Bonchev–Trinajstić information content (AvgIpc) is 2.41. The summed E-state index contributed by atoms with van der Waals surface area (Å²) >= 11 is 0. The standard InChI is InChI=1S/C16H24O3/c1-4-7-13(2)11-19-12-15-9-6-5-8-14(15)10-16(17)18-3/h5-6,8-9,13H,4,7,10-12H2,1-3H3. The summed E-state index contributed by atoms with van der Waals surface area (Å²) in [6.07, 6.45) is 2.67. The van der Waals surface area contributed by atoms with E-state index in [9.17, 15) is 4.79 Å². The maximum Gasteiger partial charge on any atom is 0.309 e. The lowest BCUT2D eigenvalue weighted by Crippen LogP contribution is -2.09. The Morgan fingerprint density at radius 3 is 2.58 bits per heavy atom. The third-order valence-electron chi connectivity index (χ3n) is 3.12. The fourth-order valence-electron chi connectivity index (χ4n) is 2.04. The molecule has 0 saturated carbocycles. The van der Waals surface area contributed by atoms with Crippen molar-refractivity contribution in [2.45, 2.75) is 39.7 Å². The predicted octanol–water partition coefficient (Wildman–Crippen LogP) is 3.35. The summed E-state index contributed by atoms with van der Waals surface area (Å²) < 4.78 is 10.4. The Morgan fingerprint density at radius 2 is 1.95 bits per heavy atom. The molecular weight excluding hydrogens is 240 g/mol. The highest BCUT2D eigenvalue weighted by Crippen LogP contribution is 2.13. The second kappa shape index (κ2) is 8.70. The lowest BCUT2D eigenvalue weighted by molar-refractivity contribution is -0.139. The number of methoxy groups -OCH3 is 1. The minimum Gasteiger partial charge on any atom is -0.469 e. The van der Waals surface area contributed by atoms with Crippen LogP contribution in [0.15, 0.2) is 24.3 Å². The SMILES string of the molecule is CCCC(C)COCc1ccccc1CC(=O)OC. The van der Waals surface area contributed by atoms with Gasteiger partial charge in [0.2, 0.25) is 0 Å². The molecule has 1 aromatic rings. The minimum absolute atomic E-state index is 0.216. The second-order valence-electron chi connectivity index (χ2n) is 4.93. The fourth-order valence-corrected chi connectivity index (χ4v) is 2.04. The lowest BCUT2D eigenvalue weighted by Gasteiger charge is -2.13. The number of rotatable bonds is 8. The maximum absolute atomic E-state index is 11.3. The van der Waals surface area contributed by atoms with Gasteiger partial charge in [0, 0.05) is 6.61 Å². The minimum atomic E-state index is -0.216. The van der Waals surface area contributed by atoms with Crippen LogP contribution >= 0.6 is 0 Å². The number of hydrogen-bond acceptors (Lipinski definition) is 3. The molecule has 0 aliphatic carbocycles. The molecule has 1 aromatic carbocycles. The molecule has 0 bridgehead atoms. The Labute approximate surface area is 115 Å². The van der Waals surface area contributed by atoms with E-state index in [1.807, 2.05) is 24.3 Å². The molecule has 3 nitrogen and oxygen atoms in total. The van der Waals surface area contributed by atoms with Crippen molar-refractivity contribution in [1.82, 2.24) is 0 Å². The van der Waals surface area contributed by atoms with Crippen molar-refractivity contribution in [3.63, 3.8) is 0 Å². The van der Waals surface area contributed by atoms with E-state index >= 15 is 0 Å². The predicted molar refractivity (Wildman–Crippen MR) is 75.9 cm³/mol. The quantitative estimate of drug-likeness (QED) is 0.675. The lowest BCUT2D eigenvalue weighted by atomic mass is 10.1. The number of carbonyl (C=O) groups is 1. The normalized spacial score (nSPS) is 12.2. The number of esters is 1. The molecule has 0 saturated heterocycles. The van der Waals surface area contributed by atoms with Gasteiger partial charge in [-0.3, -0.25) is 4.79 Å². The molecule has 0 N–H and O–H groups in total. The summed E-state index contributed by atoms with van der Waals surface area (Å²) in [5.41, 5.74) is 2.05. The highest BCUT2D eigenvalue weighted by atomic mass is 16.5. The van der Waals surface area contributed by atoms with Crippen LogP contribution < -0.4 is 0 Å². The molecular formula is C16H24O3. The summed E-state index contributed by atoms with van der Waals surface area (Å²) in [7, 11) is 1.41. The summed E-state index contributed by atoms with van der Waals surface area (Å²) in [5.74, 6) is 0.365.